The summed E-state index contributed by atoms with van der Waals surface area (Å²) in [5.74, 6) is -0.0248. The lowest BCUT2D eigenvalue weighted by atomic mass is 9.89. The van der Waals surface area contributed by atoms with Gasteiger partial charge in [-0.15, -0.1) is 0 Å². The molecule has 7 heteroatoms. The average molecular weight is 396 g/mol. The third-order valence-corrected chi connectivity index (χ3v) is 7.10. The van der Waals surface area contributed by atoms with E-state index in [1.54, 1.807) is 4.90 Å². The first kappa shape index (κ1) is 18.8. The van der Waals surface area contributed by atoms with E-state index in [1.807, 2.05) is 12.1 Å². The first-order valence-corrected chi connectivity index (χ1v) is 10.8. The molecule has 1 aromatic carbocycles. The summed E-state index contributed by atoms with van der Waals surface area (Å²) < 4.78 is 0. The lowest BCUT2D eigenvalue weighted by molar-refractivity contribution is -0.136. The minimum Gasteiger partial charge on any atom is -0.322 e. The van der Waals surface area contributed by atoms with Gasteiger partial charge in [-0.25, -0.2) is 0 Å². The van der Waals surface area contributed by atoms with Crippen LogP contribution in [0.5, 0.6) is 0 Å². The molecule has 0 bridgehead atoms. The van der Waals surface area contributed by atoms with Crippen molar-refractivity contribution in [2.45, 2.75) is 63.2 Å². The average Bonchev–Trinajstić information content (AvgIpc) is 3.46. The number of carbonyl (C=O) groups excluding carboxylic acids is 3. The Morgan fingerprint density at radius 3 is 2.76 bits per heavy atom. The number of nitrogens with one attached hydrogen (secondary N) is 3. The van der Waals surface area contributed by atoms with Crippen LogP contribution in [-0.4, -0.2) is 47.3 Å². The minimum absolute atomic E-state index is 0.110. The number of carbonyl (C=O) groups is 3. The molecule has 3 N–H and O–H groups in total. The Kier molecular flexibility index (Phi) is 4.67. The van der Waals surface area contributed by atoms with E-state index >= 15 is 0 Å². The molecule has 4 aliphatic rings. The van der Waals surface area contributed by atoms with E-state index in [0.29, 0.717) is 24.4 Å². The summed E-state index contributed by atoms with van der Waals surface area (Å²) >= 11 is 0. The Hall–Kier alpha value is -2.25. The standard InChI is InChI=1S/C22H28N4O3/c27-19-6-5-18(20(28)25-19)26-13-15-10-14(3-4-17(15)21(26)29)11-24-22(7-8-22)16-2-1-9-23-12-16/h3-4,10,16,18,23-24H,1-2,5-9,11-13H2,(H,25,27,28). The fourth-order valence-corrected chi connectivity index (χ4v) is 5.20. The molecule has 3 heterocycles. The number of amides is 3. The van der Waals surface area contributed by atoms with Gasteiger partial charge in [0.2, 0.25) is 11.8 Å². The van der Waals surface area contributed by atoms with Crippen LogP contribution in [0.15, 0.2) is 18.2 Å². The molecule has 7 nitrogen and oxygen atoms in total. The SMILES string of the molecule is O=C1CCC(N2Cc3cc(CNC4(C5CCCNC5)CC4)ccc3C2=O)C(=O)N1. The molecule has 0 radical (unpaired) electrons. The van der Waals surface area contributed by atoms with Crippen molar-refractivity contribution in [1.29, 1.82) is 0 Å². The third kappa shape index (κ3) is 3.46. The first-order chi connectivity index (χ1) is 14.1. The van der Waals surface area contributed by atoms with Gasteiger partial charge >= 0.3 is 0 Å². The molecule has 1 aliphatic carbocycles. The summed E-state index contributed by atoms with van der Waals surface area (Å²) in [6.45, 7) is 3.48. The Bertz CT molecular complexity index is 858. The van der Waals surface area contributed by atoms with Crippen LogP contribution in [0, 0.1) is 5.92 Å². The van der Waals surface area contributed by atoms with E-state index in [1.165, 1.54) is 31.2 Å². The Labute approximate surface area is 170 Å². The number of hydrogen-bond donors (Lipinski definition) is 3. The lowest BCUT2D eigenvalue weighted by Crippen LogP contribution is -2.52. The zero-order chi connectivity index (χ0) is 20.0. The van der Waals surface area contributed by atoms with E-state index in [4.69, 9.17) is 0 Å². The van der Waals surface area contributed by atoms with Crippen molar-refractivity contribution in [3.05, 3.63) is 34.9 Å². The highest BCUT2D eigenvalue weighted by atomic mass is 16.2. The molecule has 5 rings (SSSR count). The van der Waals surface area contributed by atoms with Gasteiger partial charge in [0.05, 0.1) is 0 Å². The number of nitrogens with zero attached hydrogens (tertiary/aromatic N) is 1. The quantitative estimate of drug-likeness (QED) is 0.648. The fraction of sp³-hybridized carbons (Fsp3) is 0.591. The second-order valence-electron chi connectivity index (χ2n) is 8.94. The Balaban J connectivity index is 1.25. The Morgan fingerprint density at radius 1 is 1.17 bits per heavy atom. The van der Waals surface area contributed by atoms with Crippen molar-refractivity contribution >= 4 is 17.7 Å². The van der Waals surface area contributed by atoms with E-state index in [9.17, 15) is 14.4 Å². The molecule has 29 heavy (non-hydrogen) atoms. The molecular formula is C22H28N4O3. The van der Waals surface area contributed by atoms with Gasteiger partial charge in [-0.3, -0.25) is 19.7 Å². The second-order valence-corrected chi connectivity index (χ2v) is 8.94. The van der Waals surface area contributed by atoms with Gasteiger partial charge in [-0.2, -0.15) is 0 Å². The third-order valence-electron chi connectivity index (χ3n) is 7.10. The van der Waals surface area contributed by atoms with Crippen molar-refractivity contribution in [3.8, 4) is 0 Å². The normalized spacial score (nSPS) is 28.3. The maximum absolute atomic E-state index is 12.8. The predicted molar refractivity (Wildman–Crippen MR) is 107 cm³/mol. The van der Waals surface area contributed by atoms with Gasteiger partial charge in [0.25, 0.3) is 5.91 Å². The fourth-order valence-electron chi connectivity index (χ4n) is 5.20. The van der Waals surface area contributed by atoms with Crippen molar-refractivity contribution in [2.24, 2.45) is 5.92 Å². The topological polar surface area (TPSA) is 90.5 Å². The summed E-state index contributed by atoms with van der Waals surface area (Å²) in [5.41, 5.74) is 3.11. The largest absolute Gasteiger partial charge is 0.322 e. The van der Waals surface area contributed by atoms with Crippen molar-refractivity contribution < 1.29 is 14.4 Å². The molecule has 1 saturated carbocycles. The van der Waals surface area contributed by atoms with Crippen molar-refractivity contribution in [3.63, 3.8) is 0 Å². The molecule has 3 aliphatic heterocycles. The minimum atomic E-state index is -0.553. The van der Waals surface area contributed by atoms with E-state index in [-0.39, 0.29) is 29.7 Å². The van der Waals surface area contributed by atoms with E-state index < -0.39 is 6.04 Å². The highest BCUT2D eigenvalue weighted by molar-refractivity contribution is 6.05. The second kappa shape index (κ2) is 7.22. The molecule has 3 fully saturated rings. The molecule has 1 aromatic rings. The zero-order valence-corrected chi connectivity index (χ0v) is 16.6. The van der Waals surface area contributed by atoms with Crippen LogP contribution in [0.2, 0.25) is 0 Å². The number of fused-ring (bicyclic) bond motifs is 1. The number of imide groups is 1. The van der Waals surface area contributed by atoms with Crippen molar-refractivity contribution in [2.75, 3.05) is 13.1 Å². The molecule has 3 amide bonds. The van der Waals surface area contributed by atoms with Gasteiger partial charge in [0.1, 0.15) is 6.04 Å². The summed E-state index contributed by atoms with van der Waals surface area (Å²) in [6.07, 6.45) is 5.71. The van der Waals surface area contributed by atoms with Crippen LogP contribution in [0.3, 0.4) is 0 Å². The van der Waals surface area contributed by atoms with E-state index in [2.05, 4.69) is 22.0 Å². The summed E-state index contributed by atoms with van der Waals surface area (Å²) in [4.78, 5) is 38.0. The smallest absolute Gasteiger partial charge is 0.255 e. The van der Waals surface area contributed by atoms with Crippen LogP contribution in [0.25, 0.3) is 0 Å². The number of hydrogen-bond acceptors (Lipinski definition) is 5. The van der Waals surface area contributed by atoms with Crippen LogP contribution >= 0.6 is 0 Å². The van der Waals surface area contributed by atoms with Gasteiger partial charge < -0.3 is 15.5 Å². The highest BCUT2D eigenvalue weighted by Gasteiger charge is 2.48. The molecule has 2 saturated heterocycles. The molecule has 2 unspecified atom stereocenters. The first-order valence-electron chi connectivity index (χ1n) is 10.8. The van der Waals surface area contributed by atoms with Gasteiger partial charge in [-0.1, -0.05) is 12.1 Å². The van der Waals surface area contributed by atoms with Crippen LogP contribution in [-0.2, 0) is 22.7 Å². The van der Waals surface area contributed by atoms with Gasteiger partial charge in [0.15, 0.2) is 0 Å². The number of rotatable bonds is 5. The number of piperidine rings is 2. The lowest BCUT2D eigenvalue weighted by Gasteiger charge is -2.32. The Morgan fingerprint density at radius 2 is 2.03 bits per heavy atom. The molecule has 2 atom stereocenters. The highest BCUT2D eigenvalue weighted by Crippen LogP contribution is 2.45. The summed E-state index contributed by atoms with van der Waals surface area (Å²) in [5, 5.41) is 9.68. The molecular weight excluding hydrogens is 368 g/mol. The summed E-state index contributed by atoms with van der Waals surface area (Å²) in [7, 11) is 0. The van der Waals surface area contributed by atoms with Crippen LogP contribution in [0.4, 0.5) is 0 Å². The van der Waals surface area contributed by atoms with Gasteiger partial charge in [0, 0.05) is 30.6 Å². The molecule has 0 aromatic heterocycles. The van der Waals surface area contributed by atoms with Crippen LogP contribution < -0.4 is 16.0 Å². The van der Waals surface area contributed by atoms with Gasteiger partial charge in [-0.05, 0) is 68.3 Å². The zero-order valence-electron chi connectivity index (χ0n) is 16.6. The maximum Gasteiger partial charge on any atom is 0.255 e. The molecule has 0 spiro atoms. The van der Waals surface area contributed by atoms with E-state index in [0.717, 1.165) is 25.2 Å². The predicted octanol–water partition coefficient (Wildman–Crippen LogP) is 1.07. The molecule has 154 valence electrons. The number of benzene rings is 1. The summed E-state index contributed by atoms with van der Waals surface area (Å²) in [6, 6.07) is 5.46. The van der Waals surface area contributed by atoms with Crippen LogP contribution in [0.1, 0.15) is 60.0 Å². The monoisotopic (exact) mass is 396 g/mol. The maximum atomic E-state index is 12.8. The van der Waals surface area contributed by atoms with Crippen molar-refractivity contribution in [1.82, 2.24) is 20.9 Å².